The van der Waals surface area contributed by atoms with Gasteiger partial charge in [0.15, 0.2) is 0 Å². The van der Waals surface area contributed by atoms with E-state index in [1.165, 1.54) is 7.11 Å². The van der Waals surface area contributed by atoms with Gasteiger partial charge in [-0.15, -0.1) is 0 Å². The van der Waals surface area contributed by atoms with Crippen LogP contribution in [0.3, 0.4) is 0 Å². The molecule has 2 amide bonds. The lowest BCUT2D eigenvalue weighted by atomic mass is 10.1. The normalized spacial score (nSPS) is 10.0. The van der Waals surface area contributed by atoms with Crippen LogP contribution >= 0.6 is 0 Å². The molecule has 0 atom stereocenters. The lowest BCUT2D eigenvalue weighted by molar-refractivity contribution is 0.0600. The van der Waals surface area contributed by atoms with E-state index in [9.17, 15) is 9.59 Å². The van der Waals surface area contributed by atoms with Crippen LogP contribution in [0.2, 0.25) is 0 Å². The summed E-state index contributed by atoms with van der Waals surface area (Å²) in [7, 11) is 3.10. The molecule has 0 aliphatic carbocycles. The van der Waals surface area contributed by atoms with Gasteiger partial charge in [0.2, 0.25) is 0 Å². The highest BCUT2D eigenvalue weighted by Gasteiger charge is 2.06. The van der Waals surface area contributed by atoms with Crippen LogP contribution in [-0.2, 0) is 18.3 Å². The minimum absolute atomic E-state index is 0.319. The van der Waals surface area contributed by atoms with Crippen molar-refractivity contribution in [2.75, 3.05) is 12.4 Å². The molecule has 0 bridgehead atoms. The molecule has 0 aliphatic rings. The van der Waals surface area contributed by atoms with Crippen LogP contribution in [0.15, 0.2) is 36.7 Å². The monoisotopic (exact) mass is 288 g/mol. The number of aromatic nitrogens is 2. The van der Waals surface area contributed by atoms with Crippen LogP contribution in [0, 0.1) is 0 Å². The summed E-state index contributed by atoms with van der Waals surface area (Å²) in [6, 6.07) is 6.51. The second-order valence-corrected chi connectivity index (χ2v) is 4.40. The molecule has 110 valence electrons. The maximum atomic E-state index is 11.7. The Bertz CT molecular complexity index is 634. The fourth-order valence-corrected chi connectivity index (χ4v) is 1.72. The lowest BCUT2D eigenvalue weighted by Crippen LogP contribution is -2.28. The zero-order valence-corrected chi connectivity index (χ0v) is 11.8. The van der Waals surface area contributed by atoms with Gasteiger partial charge in [-0.2, -0.15) is 5.10 Å². The van der Waals surface area contributed by atoms with E-state index < -0.39 is 0 Å². The van der Waals surface area contributed by atoms with Gasteiger partial charge in [0.25, 0.3) is 0 Å². The largest absolute Gasteiger partial charge is 0.465 e. The van der Waals surface area contributed by atoms with Gasteiger partial charge in [0, 0.05) is 19.8 Å². The van der Waals surface area contributed by atoms with Crippen molar-refractivity contribution in [3.05, 3.63) is 47.8 Å². The van der Waals surface area contributed by atoms with Gasteiger partial charge in [0.1, 0.15) is 0 Å². The van der Waals surface area contributed by atoms with Crippen molar-refractivity contribution >= 4 is 17.7 Å². The molecule has 0 fully saturated rings. The van der Waals surface area contributed by atoms with Crippen molar-refractivity contribution in [2.24, 2.45) is 7.05 Å². The van der Waals surface area contributed by atoms with E-state index in [4.69, 9.17) is 0 Å². The first kappa shape index (κ1) is 14.6. The Morgan fingerprint density at radius 3 is 2.57 bits per heavy atom. The molecule has 0 radical (unpaired) electrons. The summed E-state index contributed by atoms with van der Waals surface area (Å²) in [5.74, 6) is -0.385. The van der Waals surface area contributed by atoms with Crippen LogP contribution in [0.1, 0.15) is 15.9 Å². The third-order valence-corrected chi connectivity index (χ3v) is 2.79. The number of nitrogens with zero attached hydrogens (tertiary/aromatic N) is 2. The Balaban J connectivity index is 1.85. The summed E-state index contributed by atoms with van der Waals surface area (Å²) >= 11 is 0. The van der Waals surface area contributed by atoms with Crippen molar-refractivity contribution in [3.63, 3.8) is 0 Å². The van der Waals surface area contributed by atoms with E-state index in [2.05, 4.69) is 20.5 Å². The third kappa shape index (κ3) is 4.07. The Labute approximate surface area is 121 Å². The molecule has 7 heteroatoms. The van der Waals surface area contributed by atoms with Gasteiger partial charge in [-0.25, -0.2) is 9.59 Å². The number of methoxy groups -OCH3 is 1. The maximum Gasteiger partial charge on any atom is 0.337 e. The van der Waals surface area contributed by atoms with Crippen LogP contribution < -0.4 is 10.6 Å². The average Bonchev–Trinajstić information content (AvgIpc) is 2.90. The molecule has 1 aromatic heterocycles. The number of nitrogens with one attached hydrogen (secondary N) is 2. The Morgan fingerprint density at radius 1 is 1.29 bits per heavy atom. The summed E-state index contributed by atoms with van der Waals surface area (Å²) < 4.78 is 6.21. The van der Waals surface area contributed by atoms with Gasteiger partial charge in [-0.05, 0) is 17.7 Å². The molecule has 0 unspecified atom stereocenters. The van der Waals surface area contributed by atoms with Crippen LogP contribution in [0.5, 0.6) is 0 Å². The van der Waals surface area contributed by atoms with E-state index in [0.29, 0.717) is 17.8 Å². The topological polar surface area (TPSA) is 85.2 Å². The fourth-order valence-electron chi connectivity index (χ4n) is 1.72. The smallest absolute Gasteiger partial charge is 0.337 e. The number of hydrogen-bond acceptors (Lipinski definition) is 4. The Morgan fingerprint density at radius 2 is 2.00 bits per heavy atom. The number of rotatable bonds is 4. The first-order chi connectivity index (χ1) is 10.1. The average molecular weight is 288 g/mol. The van der Waals surface area contributed by atoms with Gasteiger partial charge in [-0.3, -0.25) is 4.68 Å². The predicted molar refractivity (Wildman–Crippen MR) is 76.8 cm³/mol. The highest BCUT2D eigenvalue weighted by atomic mass is 16.5. The number of hydrogen-bond donors (Lipinski definition) is 2. The molecule has 0 spiro atoms. The molecule has 0 saturated heterocycles. The first-order valence-electron chi connectivity index (χ1n) is 6.29. The van der Waals surface area contributed by atoms with Gasteiger partial charge >= 0.3 is 12.0 Å². The van der Waals surface area contributed by atoms with E-state index in [0.717, 1.165) is 5.56 Å². The first-order valence-corrected chi connectivity index (χ1v) is 6.29. The quantitative estimate of drug-likeness (QED) is 0.835. The molecule has 0 saturated carbocycles. The number of benzene rings is 1. The maximum absolute atomic E-state index is 11.7. The van der Waals surface area contributed by atoms with Crippen molar-refractivity contribution in [3.8, 4) is 0 Å². The highest BCUT2D eigenvalue weighted by molar-refractivity contribution is 5.89. The number of amides is 2. The van der Waals surface area contributed by atoms with E-state index >= 15 is 0 Å². The number of anilines is 1. The van der Waals surface area contributed by atoms with Crippen molar-refractivity contribution in [1.29, 1.82) is 0 Å². The van der Waals surface area contributed by atoms with E-state index in [1.807, 2.05) is 0 Å². The highest BCUT2D eigenvalue weighted by Crippen LogP contribution is 2.06. The van der Waals surface area contributed by atoms with Crippen LogP contribution in [0.4, 0.5) is 10.5 Å². The predicted octanol–water partition coefficient (Wildman–Crippen LogP) is 1.53. The summed E-state index contributed by atoms with van der Waals surface area (Å²) in [6.07, 6.45) is 3.26. The molecule has 2 rings (SSSR count). The standard InChI is InChI=1S/C14H16N4O3/c1-18-9-12(8-16-18)17-14(20)15-7-10-3-5-11(6-4-10)13(19)21-2/h3-6,8-9H,7H2,1-2H3,(H2,15,17,20). The van der Waals surface area contributed by atoms with Crippen LogP contribution in [0.25, 0.3) is 0 Å². The molecule has 2 N–H and O–H groups in total. The second kappa shape index (κ2) is 6.56. The molecule has 7 nitrogen and oxygen atoms in total. The van der Waals surface area contributed by atoms with Gasteiger partial charge in [0.05, 0.1) is 24.6 Å². The van der Waals surface area contributed by atoms with Crippen molar-refractivity contribution < 1.29 is 14.3 Å². The number of carbonyl (C=O) groups excluding carboxylic acids is 2. The zero-order valence-electron chi connectivity index (χ0n) is 11.8. The minimum Gasteiger partial charge on any atom is -0.465 e. The fraction of sp³-hybridized carbons (Fsp3) is 0.214. The molecule has 0 aliphatic heterocycles. The molecule has 1 aromatic carbocycles. The number of ether oxygens (including phenoxy) is 1. The summed E-state index contributed by atoms with van der Waals surface area (Å²) in [6.45, 7) is 0.355. The number of esters is 1. The number of carbonyl (C=O) groups is 2. The summed E-state index contributed by atoms with van der Waals surface area (Å²) in [5, 5.41) is 9.33. The van der Waals surface area contributed by atoms with Crippen LogP contribution in [-0.4, -0.2) is 28.9 Å². The van der Waals surface area contributed by atoms with Gasteiger partial charge < -0.3 is 15.4 Å². The number of aryl methyl sites for hydroxylation is 1. The number of urea groups is 1. The van der Waals surface area contributed by atoms with E-state index in [1.54, 1.807) is 48.4 Å². The molecule has 2 aromatic rings. The molecular weight excluding hydrogens is 272 g/mol. The summed E-state index contributed by atoms with van der Waals surface area (Å²) in [4.78, 5) is 23.0. The molecule has 1 heterocycles. The second-order valence-electron chi connectivity index (χ2n) is 4.40. The summed E-state index contributed by atoms with van der Waals surface area (Å²) in [5.41, 5.74) is 1.97. The third-order valence-electron chi connectivity index (χ3n) is 2.79. The zero-order chi connectivity index (χ0) is 15.2. The Hall–Kier alpha value is -2.83. The SMILES string of the molecule is COC(=O)c1ccc(CNC(=O)Nc2cnn(C)c2)cc1. The molecule has 21 heavy (non-hydrogen) atoms. The lowest BCUT2D eigenvalue weighted by Gasteiger charge is -2.06. The van der Waals surface area contributed by atoms with Crippen molar-refractivity contribution in [2.45, 2.75) is 6.54 Å². The van der Waals surface area contributed by atoms with Crippen molar-refractivity contribution in [1.82, 2.24) is 15.1 Å². The van der Waals surface area contributed by atoms with E-state index in [-0.39, 0.29) is 12.0 Å². The molecular formula is C14H16N4O3. The van der Waals surface area contributed by atoms with Gasteiger partial charge in [-0.1, -0.05) is 12.1 Å². The Kier molecular flexibility index (Phi) is 4.55. The minimum atomic E-state index is -0.385.